The first-order valence-corrected chi connectivity index (χ1v) is 10.2. The summed E-state index contributed by atoms with van der Waals surface area (Å²) >= 11 is 3.44. The fourth-order valence-corrected chi connectivity index (χ4v) is 4.29. The van der Waals surface area contributed by atoms with Crippen LogP contribution in [-0.4, -0.2) is 13.4 Å². The van der Waals surface area contributed by atoms with E-state index in [0.29, 0.717) is 16.4 Å². The highest BCUT2D eigenvalue weighted by molar-refractivity contribution is 14.1. The Kier molecular flexibility index (Phi) is 4.84. The van der Waals surface area contributed by atoms with E-state index in [1.807, 2.05) is 30.3 Å². The molecule has 0 bridgehead atoms. The van der Waals surface area contributed by atoms with Crippen LogP contribution in [0, 0.1) is 14.9 Å². The normalized spacial score (nSPS) is 11.0. The predicted molar refractivity (Wildman–Crippen MR) is 102 cm³/mol. The van der Waals surface area contributed by atoms with E-state index in [1.54, 1.807) is 5.38 Å². The van der Waals surface area contributed by atoms with E-state index in [-0.39, 0.29) is 4.90 Å². The van der Waals surface area contributed by atoms with Crippen molar-refractivity contribution >= 4 is 49.1 Å². The molecule has 8 heteroatoms. The first-order valence-electron chi connectivity index (χ1n) is 6.72. The maximum Gasteiger partial charge on any atom is 0.263 e. The lowest BCUT2D eigenvalue weighted by atomic mass is 10.2. The zero-order chi connectivity index (χ0) is 17.2. The van der Waals surface area contributed by atoms with E-state index in [4.69, 9.17) is 5.26 Å². The number of aromatic nitrogens is 1. The van der Waals surface area contributed by atoms with Gasteiger partial charge < -0.3 is 0 Å². The van der Waals surface area contributed by atoms with Crippen molar-refractivity contribution < 1.29 is 8.42 Å². The van der Waals surface area contributed by atoms with Crippen molar-refractivity contribution in [2.45, 2.75) is 4.90 Å². The van der Waals surface area contributed by atoms with Gasteiger partial charge in [-0.15, -0.1) is 11.3 Å². The number of benzene rings is 2. The van der Waals surface area contributed by atoms with Gasteiger partial charge in [0, 0.05) is 14.5 Å². The monoisotopic (exact) mass is 467 g/mol. The fourth-order valence-electron chi connectivity index (χ4n) is 1.96. The van der Waals surface area contributed by atoms with Crippen LogP contribution in [-0.2, 0) is 10.0 Å². The van der Waals surface area contributed by atoms with Gasteiger partial charge in [-0.2, -0.15) is 5.26 Å². The van der Waals surface area contributed by atoms with Crippen LogP contribution in [0.2, 0.25) is 0 Å². The molecule has 2 aromatic carbocycles. The van der Waals surface area contributed by atoms with Gasteiger partial charge in [0.05, 0.1) is 22.2 Å². The molecule has 1 heterocycles. The lowest BCUT2D eigenvalue weighted by molar-refractivity contribution is 0.601. The van der Waals surface area contributed by atoms with E-state index < -0.39 is 10.0 Å². The zero-order valence-corrected chi connectivity index (χ0v) is 15.9. The first kappa shape index (κ1) is 16.9. The van der Waals surface area contributed by atoms with Crippen molar-refractivity contribution in [2.24, 2.45) is 0 Å². The van der Waals surface area contributed by atoms with Crippen molar-refractivity contribution in [3.8, 4) is 17.3 Å². The number of sulfonamides is 1. The molecule has 3 aromatic rings. The van der Waals surface area contributed by atoms with Crippen molar-refractivity contribution in [1.82, 2.24) is 4.98 Å². The molecule has 0 spiro atoms. The second-order valence-electron chi connectivity index (χ2n) is 4.79. The molecule has 5 nitrogen and oxygen atoms in total. The maximum absolute atomic E-state index is 12.4. The number of nitriles is 1. The van der Waals surface area contributed by atoms with Crippen LogP contribution in [0.4, 0.5) is 5.13 Å². The van der Waals surface area contributed by atoms with Crippen LogP contribution in [0.25, 0.3) is 11.3 Å². The Labute approximate surface area is 157 Å². The molecule has 0 aliphatic heterocycles. The number of thiazole rings is 1. The summed E-state index contributed by atoms with van der Waals surface area (Å²) in [5.74, 6) is 0. The second kappa shape index (κ2) is 6.88. The SMILES string of the molecule is N#Cc1ccc(S(=O)(=O)Nc2nc(-c3ccc(I)cc3)cs2)cc1. The van der Waals surface area contributed by atoms with Crippen molar-refractivity contribution in [3.05, 3.63) is 63.0 Å². The number of anilines is 1. The minimum absolute atomic E-state index is 0.0903. The Hall–Kier alpha value is -1.96. The smallest absolute Gasteiger partial charge is 0.255 e. The zero-order valence-electron chi connectivity index (χ0n) is 12.1. The van der Waals surface area contributed by atoms with E-state index in [1.165, 1.54) is 35.6 Å². The van der Waals surface area contributed by atoms with Gasteiger partial charge in [-0.05, 0) is 59.0 Å². The fraction of sp³-hybridized carbons (Fsp3) is 0. The molecule has 1 N–H and O–H groups in total. The molecule has 0 amide bonds. The number of nitrogens with one attached hydrogen (secondary N) is 1. The van der Waals surface area contributed by atoms with Gasteiger partial charge in [0.2, 0.25) is 0 Å². The van der Waals surface area contributed by atoms with Gasteiger partial charge in [0.15, 0.2) is 5.13 Å². The van der Waals surface area contributed by atoms with E-state index in [9.17, 15) is 8.42 Å². The van der Waals surface area contributed by atoms with Crippen LogP contribution < -0.4 is 4.72 Å². The van der Waals surface area contributed by atoms with Crippen LogP contribution >= 0.6 is 33.9 Å². The summed E-state index contributed by atoms with van der Waals surface area (Å²) in [6.07, 6.45) is 0. The summed E-state index contributed by atoms with van der Waals surface area (Å²) < 4.78 is 28.3. The number of hydrogen-bond acceptors (Lipinski definition) is 5. The Morgan fingerprint density at radius 1 is 1.08 bits per heavy atom. The third-order valence-electron chi connectivity index (χ3n) is 3.16. The molecular weight excluding hydrogens is 457 g/mol. The molecule has 0 unspecified atom stereocenters. The molecule has 0 saturated heterocycles. The Morgan fingerprint density at radius 2 is 1.75 bits per heavy atom. The highest BCUT2D eigenvalue weighted by Gasteiger charge is 2.16. The summed E-state index contributed by atoms with van der Waals surface area (Å²) in [6.45, 7) is 0. The standard InChI is InChI=1S/C16H10IN3O2S2/c17-13-5-3-12(4-6-13)15-10-23-16(19-15)20-24(21,22)14-7-1-11(9-18)2-8-14/h1-8,10H,(H,19,20). The number of nitrogens with zero attached hydrogens (tertiary/aromatic N) is 2. The molecular formula is C16H10IN3O2S2. The van der Waals surface area contributed by atoms with Crippen LogP contribution in [0.1, 0.15) is 5.56 Å². The lowest BCUT2D eigenvalue weighted by Gasteiger charge is -2.04. The van der Waals surface area contributed by atoms with E-state index in [2.05, 4.69) is 32.3 Å². The third-order valence-corrected chi connectivity index (χ3v) is 6.12. The summed E-state index contributed by atoms with van der Waals surface area (Å²) in [5, 5.41) is 10.9. The maximum atomic E-state index is 12.4. The van der Waals surface area contributed by atoms with Gasteiger partial charge in [0.1, 0.15) is 0 Å². The van der Waals surface area contributed by atoms with E-state index >= 15 is 0 Å². The Balaban J connectivity index is 1.83. The van der Waals surface area contributed by atoms with Crippen molar-refractivity contribution in [3.63, 3.8) is 0 Å². The van der Waals surface area contributed by atoms with Gasteiger partial charge in [-0.1, -0.05) is 12.1 Å². The van der Waals surface area contributed by atoms with Crippen molar-refractivity contribution in [1.29, 1.82) is 5.26 Å². The Morgan fingerprint density at radius 3 is 2.38 bits per heavy atom. The summed E-state index contributed by atoms with van der Waals surface area (Å²) in [7, 11) is -3.73. The molecule has 0 aliphatic rings. The molecule has 0 radical (unpaired) electrons. The minimum atomic E-state index is -3.73. The molecule has 120 valence electrons. The van der Waals surface area contributed by atoms with Crippen LogP contribution in [0.5, 0.6) is 0 Å². The average molecular weight is 467 g/mol. The topological polar surface area (TPSA) is 82.8 Å². The highest BCUT2D eigenvalue weighted by Crippen LogP contribution is 2.27. The second-order valence-corrected chi connectivity index (χ2v) is 8.57. The first-order chi connectivity index (χ1) is 11.5. The third kappa shape index (κ3) is 3.75. The average Bonchev–Trinajstić information content (AvgIpc) is 3.03. The number of rotatable bonds is 4. The van der Waals surface area contributed by atoms with Gasteiger partial charge in [-0.3, -0.25) is 4.72 Å². The van der Waals surface area contributed by atoms with Gasteiger partial charge >= 0.3 is 0 Å². The molecule has 1 aromatic heterocycles. The summed E-state index contributed by atoms with van der Waals surface area (Å²) in [5.41, 5.74) is 2.05. The molecule has 0 fully saturated rings. The summed E-state index contributed by atoms with van der Waals surface area (Å²) in [6, 6.07) is 15.5. The van der Waals surface area contributed by atoms with E-state index in [0.717, 1.165) is 9.13 Å². The molecule has 24 heavy (non-hydrogen) atoms. The largest absolute Gasteiger partial charge is 0.263 e. The van der Waals surface area contributed by atoms with Gasteiger partial charge in [0.25, 0.3) is 10.0 Å². The molecule has 0 aliphatic carbocycles. The molecule has 0 saturated carbocycles. The highest BCUT2D eigenvalue weighted by atomic mass is 127. The van der Waals surface area contributed by atoms with Crippen LogP contribution in [0.15, 0.2) is 58.8 Å². The quantitative estimate of drug-likeness (QED) is 0.587. The predicted octanol–water partition coefficient (Wildman–Crippen LogP) is 4.09. The molecule has 0 atom stereocenters. The van der Waals surface area contributed by atoms with Crippen molar-refractivity contribution in [2.75, 3.05) is 4.72 Å². The van der Waals surface area contributed by atoms with Crippen LogP contribution in [0.3, 0.4) is 0 Å². The Bertz CT molecular complexity index is 1000. The summed E-state index contributed by atoms with van der Waals surface area (Å²) in [4.78, 5) is 4.42. The lowest BCUT2D eigenvalue weighted by Crippen LogP contribution is -2.12. The number of hydrogen-bond donors (Lipinski definition) is 1. The van der Waals surface area contributed by atoms with Gasteiger partial charge in [-0.25, -0.2) is 13.4 Å². The number of halogens is 1. The molecule has 3 rings (SSSR count). The minimum Gasteiger partial charge on any atom is -0.255 e.